The van der Waals surface area contributed by atoms with Gasteiger partial charge in [-0.2, -0.15) is 0 Å². The van der Waals surface area contributed by atoms with Crippen LogP contribution in [-0.4, -0.2) is 11.1 Å². The van der Waals surface area contributed by atoms with Crippen molar-refractivity contribution in [3.8, 4) is 0 Å². The van der Waals surface area contributed by atoms with Crippen LogP contribution in [0.5, 0.6) is 0 Å². The summed E-state index contributed by atoms with van der Waals surface area (Å²) in [5.74, 6) is -0.813. The molecular formula is C19H38O2. The summed E-state index contributed by atoms with van der Waals surface area (Å²) in [5, 5.41) is 8.79. The van der Waals surface area contributed by atoms with Gasteiger partial charge in [-0.15, -0.1) is 0 Å². The number of hydrogen-bond acceptors (Lipinski definition) is 1. The van der Waals surface area contributed by atoms with Crippen LogP contribution in [0.1, 0.15) is 110 Å². The zero-order valence-corrected chi connectivity index (χ0v) is 14.5. The molecule has 0 bridgehead atoms. The van der Waals surface area contributed by atoms with Crippen LogP contribution in [0.3, 0.4) is 0 Å². The largest absolute Gasteiger partial charge is 0.481 e. The van der Waals surface area contributed by atoms with Gasteiger partial charge in [-0.3, -0.25) is 4.79 Å². The van der Waals surface area contributed by atoms with Crippen molar-refractivity contribution in [3.05, 3.63) is 0 Å². The molecule has 0 aliphatic carbocycles. The average Bonchev–Trinajstić information content (AvgIpc) is 2.47. The normalized spacial score (nSPS) is 12.5. The van der Waals surface area contributed by atoms with Crippen molar-refractivity contribution in [2.24, 2.45) is 5.92 Å². The third-order valence-corrected chi connectivity index (χ3v) is 4.41. The summed E-state index contributed by atoms with van der Waals surface area (Å²) in [5.41, 5.74) is 0. The van der Waals surface area contributed by atoms with Crippen molar-refractivity contribution >= 4 is 5.97 Å². The third kappa shape index (κ3) is 15.7. The van der Waals surface area contributed by atoms with E-state index in [2.05, 4.69) is 6.92 Å². The molecule has 0 saturated heterocycles. The van der Waals surface area contributed by atoms with Crippen LogP contribution >= 0.6 is 0 Å². The molecule has 0 aliphatic rings. The molecule has 0 aliphatic heterocycles. The van der Waals surface area contributed by atoms with Gasteiger partial charge in [-0.1, -0.05) is 104 Å². The summed E-state index contributed by atoms with van der Waals surface area (Å²) in [7, 11) is 0. The van der Waals surface area contributed by atoms with Gasteiger partial charge in [0.1, 0.15) is 0 Å². The molecule has 0 spiro atoms. The molecule has 21 heavy (non-hydrogen) atoms. The molecule has 0 amide bonds. The number of hydrogen-bond donors (Lipinski definition) is 1. The molecule has 0 rings (SSSR count). The van der Waals surface area contributed by atoms with Gasteiger partial charge in [0.25, 0.3) is 0 Å². The van der Waals surface area contributed by atoms with Gasteiger partial charge in [0.2, 0.25) is 0 Å². The summed E-state index contributed by atoms with van der Waals surface area (Å²) in [4.78, 5) is 10.7. The highest BCUT2D eigenvalue weighted by Gasteiger charge is 2.09. The number of carboxylic acids is 1. The minimum absolute atomic E-state index is 0.165. The minimum Gasteiger partial charge on any atom is -0.481 e. The van der Waals surface area contributed by atoms with Crippen molar-refractivity contribution in [1.29, 1.82) is 0 Å². The first-order valence-corrected chi connectivity index (χ1v) is 9.41. The lowest BCUT2D eigenvalue weighted by molar-refractivity contribution is -0.141. The Morgan fingerprint density at radius 2 is 1.05 bits per heavy atom. The Morgan fingerprint density at radius 1 is 0.714 bits per heavy atom. The van der Waals surface area contributed by atoms with Crippen molar-refractivity contribution < 1.29 is 9.90 Å². The maximum absolute atomic E-state index is 10.7. The first kappa shape index (κ1) is 20.5. The topological polar surface area (TPSA) is 37.3 Å². The lowest BCUT2D eigenvalue weighted by atomic mass is 10.0. The summed E-state index contributed by atoms with van der Waals surface area (Å²) >= 11 is 0. The fourth-order valence-electron chi connectivity index (χ4n) is 2.77. The van der Waals surface area contributed by atoms with Gasteiger partial charge in [0.05, 0.1) is 5.92 Å². The standard InChI is InChI=1S/C19H38O2/c1-3-4-5-6-7-8-9-10-11-12-13-14-15-16-17-18(2)19(20)21/h18H,3-17H2,1-2H3,(H,20,21)/t18-/m1/s1. The van der Waals surface area contributed by atoms with Crippen LogP contribution in [0.2, 0.25) is 0 Å². The highest BCUT2D eigenvalue weighted by Crippen LogP contribution is 2.14. The van der Waals surface area contributed by atoms with E-state index in [1.54, 1.807) is 0 Å². The second kappa shape index (κ2) is 15.9. The van der Waals surface area contributed by atoms with E-state index < -0.39 is 5.97 Å². The van der Waals surface area contributed by atoms with E-state index in [1.165, 1.54) is 83.5 Å². The number of rotatable bonds is 16. The molecule has 0 aromatic heterocycles. The Balaban J connectivity index is 3.04. The van der Waals surface area contributed by atoms with E-state index in [0.717, 1.165) is 12.8 Å². The van der Waals surface area contributed by atoms with Crippen LogP contribution < -0.4 is 0 Å². The second-order valence-electron chi connectivity index (χ2n) is 6.62. The van der Waals surface area contributed by atoms with E-state index in [4.69, 9.17) is 5.11 Å². The number of carbonyl (C=O) groups is 1. The van der Waals surface area contributed by atoms with Crippen LogP contribution in [0.4, 0.5) is 0 Å². The Hall–Kier alpha value is -0.530. The van der Waals surface area contributed by atoms with E-state index in [0.29, 0.717) is 0 Å². The summed E-state index contributed by atoms with van der Waals surface area (Å²) < 4.78 is 0. The Morgan fingerprint density at radius 3 is 1.38 bits per heavy atom. The Bertz CT molecular complexity index is 226. The van der Waals surface area contributed by atoms with Crippen LogP contribution in [0.25, 0.3) is 0 Å². The van der Waals surface area contributed by atoms with Gasteiger partial charge >= 0.3 is 5.97 Å². The first-order chi connectivity index (χ1) is 10.2. The zero-order chi connectivity index (χ0) is 15.8. The highest BCUT2D eigenvalue weighted by atomic mass is 16.4. The molecule has 1 N–H and O–H groups in total. The van der Waals surface area contributed by atoms with Gasteiger partial charge < -0.3 is 5.11 Å². The van der Waals surface area contributed by atoms with Crippen LogP contribution in [0, 0.1) is 5.92 Å². The van der Waals surface area contributed by atoms with Gasteiger partial charge in [-0.05, 0) is 6.42 Å². The first-order valence-electron chi connectivity index (χ1n) is 9.41. The van der Waals surface area contributed by atoms with Gasteiger partial charge in [0, 0.05) is 0 Å². The summed E-state index contributed by atoms with van der Waals surface area (Å²) in [6, 6.07) is 0. The minimum atomic E-state index is -0.648. The predicted octanol–water partition coefficient (Wildman–Crippen LogP) is 6.58. The van der Waals surface area contributed by atoms with Crippen LogP contribution in [-0.2, 0) is 4.79 Å². The second-order valence-corrected chi connectivity index (χ2v) is 6.62. The molecule has 0 fully saturated rings. The van der Waals surface area contributed by atoms with Gasteiger partial charge in [0.15, 0.2) is 0 Å². The van der Waals surface area contributed by atoms with Crippen molar-refractivity contribution in [2.75, 3.05) is 0 Å². The number of aliphatic carboxylic acids is 1. The molecule has 0 aromatic carbocycles. The van der Waals surface area contributed by atoms with E-state index >= 15 is 0 Å². The molecule has 126 valence electrons. The maximum Gasteiger partial charge on any atom is 0.306 e. The molecule has 0 aromatic rings. The highest BCUT2D eigenvalue weighted by molar-refractivity contribution is 5.69. The van der Waals surface area contributed by atoms with E-state index in [9.17, 15) is 4.79 Å². The molecular weight excluding hydrogens is 260 g/mol. The molecule has 0 radical (unpaired) electrons. The predicted molar refractivity (Wildman–Crippen MR) is 91.7 cm³/mol. The lowest BCUT2D eigenvalue weighted by Gasteiger charge is -2.05. The molecule has 0 heterocycles. The maximum atomic E-state index is 10.7. The number of carboxylic acid groups (broad SMARTS) is 1. The monoisotopic (exact) mass is 298 g/mol. The quantitative estimate of drug-likeness (QED) is 0.327. The molecule has 0 unspecified atom stereocenters. The molecule has 2 heteroatoms. The smallest absolute Gasteiger partial charge is 0.306 e. The third-order valence-electron chi connectivity index (χ3n) is 4.41. The fourth-order valence-corrected chi connectivity index (χ4v) is 2.77. The molecule has 0 saturated carbocycles. The zero-order valence-electron chi connectivity index (χ0n) is 14.5. The number of unbranched alkanes of at least 4 members (excludes halogenated alkanes) is 13. The Kier molecular flexibility index (Phi) is 15.5. The summed E-state index contributed by atoms with van der Waals surface area (Å²) in [6.07, 6.45) is 19.8. The van der Waals surface area contributed by atoms with E-state index in [1.807, 2.05) is 6.92 Å². The molecule has 2 nitrogen and oxygen atoms in total. The van der Waals surface area contributed by atoms with Crippen molar-refractivity contribution in [1.82, 2.24) is 0 Å². The average molecular weight is 299 g/mol. The lowest BCUT2D eigenvalue weighted by Crippen LogP contribution is -2.08. The molecule has 1 atom stereocenters. The SMILES string of the molecule is CCCCCCCCCCCCCCCC[C@@H](C)C(=O)O. The summed E-state index contributed by atoms with van der Waals surface area (Å²) in [6.45, 7) is 4.08. The van der Waals surface area contributed by atoms with Gasteiger partial charge in [-0.25, -0.2) is 0 Å². The fraction of sp³-hybridized carbons (Fsp3) is 0.947. The Labute approximate surface area is 132 Å². The van der Waals surface area contributed by atoms with Crippen molar-refractivity contribution in [3.63, 3.8) is 0 Å². The van der Waals surface area contributed by atoms with Crippen LogP contribution in [0.15, 0.2) is 0 Å². The van der Waals surface area contributed by atoms with Crippen molar-refractivity contribution in [2.45, 2.75) is 110 Å². The van der Waals surface area contributed by atoms with E-state index in [-0.39, 0.29) is 5.92 Å².